The highest BCUT2D eigenvalue weighted by atomic mass is 35.5. The van der Waals surface area contributed by atoms with E-state index in [1.165, 1.54) is 0 Å². The number of hydrogen-bond acceptors (Lipinski definition) is 4. The zero-order valence-corrected chi connectivity index (χ0v) is 20.7. The van der Waals surface area contributed by atoms with Crippen LogP contribution in [0.15, 0.2) is 60.7 Å². The van der Waals surface area contributed by atoms with Crippen molar-refractivity contribution in [3.05, 3.63) is 87.4 Å². The number of amides is 2. The fraction of sp³-hybridized carbons (Fsp3) is 0.222. The molecule has 3 aromatic carbocycles. The van der Waals surface area contributed by atoms with Crippen LogP contribution in [0.1, 0.15) is 29.0 Å². The molecule has 8 heteroatoms. The smallest absolute Gasteiger partial charge is 0.229 e. The summed E-state index contributed by atoms with van der Waals surface area (Å²) in [5.74, 6) is -0.742. The van der Waals surface area contributed by atoms with Crippen LogP contribution in [0.3, 0.4) is 0 Å². The molecular weight excluding hydrogens is 485 g/mol. The van der Waals surface area contributed by atoms with Gasteiger partial charge in [-0.3, -0.25) is 9.59 Å². The number of nitrogens with zero attached hydrogens (tertiary/aromatic N) is 2. The Labute approximate surface area is 214 Å². The molecule has 1 heterocycles. The third kappa shape index (κ3) is 5.27. The minimum absolute atomic E-state index is 0.111. The van der Waals surface area contributed by atoms with Gasteiger partial charge in [-0.05, 0) is 66.1 Å². The van der Waals surface area contributed by atoms with Crippen molar-refractivity contribution in [3.8, 4) is 11.8 Å². The van der Waals surface area contributed by atoms with Gasteiger partial charge < -0.3 is 15.0 Å². The molecule has 2 atom stereocenters. The highest BCUT2D eigenvalue weighted by Crippen LogP contribution is 2.35. The lowest BCUT2D eigenvalue weighted by molar-refractivity contribution is -0.122. The molecule has 4 rings (SSSR count). The lowest BCUT2D eigenvalue weighted by Crippen LogP contribution is -2.28. The Morgan fingerprint density at radius 3 is 2.46 bits per heavy atom. The van der Waals surface area contributed by atoms with E-state index >= 15 is 0 Å². The van der Waals surface area contributed by atoms with Gasteiger partial charge in [0.1, 0.15) is 5.75 Å². The fourth-order valence-corrected chi connectivity index (χ4v) is 4.57. The van der Waals surface area contributed by atoms with Gasteiger partial charge in [0.05, 0.1) is 25.0 Å². The van der Waals surface area contributed by atoms with Crippen molar-refractivity contribution in [1.29, 1.82) is 5.26 Å². The van der Waals surface area contributed by atoms with Crippen molar-refractivity contribution in [2.24, 2.45) is 5.92 Å². The summed E-state index contributed by atoms with van der Waals surface area (Å²) in [5, 5.41) is 13.7. The van der Waals surface area contributed by atoms with E-state index in [4.69, 9.17) is 27.9 Å². The summed E-state index contributed by atoms with van der Waals surface area (Å²) < 4.78 is 5.16. The van der Waals surface area contributed by atoms with E-state index in [-0.39, 0.29) is 24.8 Å². The number of halogens is 2. The van der Waals surface area contributed by atoms with Crippen LogP contribution in [0.4, 0.5) is 11.4 Å². The largest absolute Gasteiger partial charge is 0.497 e. The normalized spacial score (nSPS) is 16.0. The number of anilines is 2. The third-order valence-electron chi connectivity index (χ3n) is 6.12. The van der Waals surface area contributed by atoms with Gasteiger partial charge in [0.25, 0.3) is 0 Å². The number of ether oxygens (including phenoxy) is 1. The minimum Gasteiger partial charge on any atom is -0.497 e. The average Bonchev–Trinajstić information content (AvgIpc) is 3.25. The van der Waals surface area contributed by atoms with Crippen LogP contribution >= 0.6 is 23.2 Å². The van der Waals surface area contributed by atoms with Crippen molar-refractivity contribution >= 4 is 46.4 Å². The molecule has 6 nitrogen and oxygen atoms in total. The molecular formula is C27H23Cl2N3O3. The first-order valence-corrected chi connectivity index (χ1v) is 11.8. The van der Waals surface area contributed by atoms with Gasteiger partial charge in [0.2, 0.25) is 11.8 Å². The zero-order chi connectivity index (χ0) is 25.1. The van der Waals surface area contributed by atoms with Gasteiger partial charge in [-0.1, -0.05) is 41.4 Å². The lowest BCUT2D eigenvalue weighted by atomic mass is 9.91. The van der Waals surface area contributed by atoms with Crippen molar-refractivity contribution < 1.29 is 14.3 Å². The predicted octanol–water partition coefficient (Wildman–Crippen LogP) is 5.96. The number of hydrogen-bond donors (Lipinski definition) is 1. The van der Waals surface area contributed by atoms with E-state index < -0.39 is 11.8 Å². The van der Waals surface area contributed by atoms with Crippen molar-refractivity contribution in [3.63, 3.8) is 0 Å². The molecule has 35 heavy (non-hydrogen) atoms. The molecule has 1 fully saturated rings. The quantitative estimate of drug-likeness (QED) is 0.446. The summed E-state index contributed by atoms with van der Waals surface area (Å²) in [6.45, 7) is 2.13. The number of benzene rings is 3. The average molecular weight is 508 g/mol. The molecule has 0 aliphatic carbocycles. The molecule has 0 radical (unpaired) electrons. The maximum Gasteiger partial charge on any atom is 0.229 e. The molecule has 1 saturated heterocycles. The minimum atomic E-state index is -0.575. The van der Waals surface area contributed by atoms with Gasteiger partial charge in [0.15, 0.2) is 0 Å². The highest BCUT2D eigenvalue weighted by Gasteiger charge is 2.35. The summed E-state index contributed by atoms with van der Waals surface area (Å²) >= 11 is 12.5. The second-order valence-electron chi connectivity index (χ2n) is 8.39. The van der Waals surface area contributed by atoms with Gasteiger partial charge in [-0.15, -0.1) is 0 Å². The molecule has 1 aliphatic rings. The maximum atomic E-state index is 13.0. The number of methoxy groups -OCH3 is 1. The standard InChI is InChI=1S/C27H23Cl2N3O3/c1-16-11-22(23(14-30)17-3-5-19(28)6-4-17)24(29)13-25(16)31-27(34)18-12-26(33)32(15-18)20-7-9-21(35-2)10-8-20/h3-11,13,18,23H,12,15H2,1-2H3,(H,31,34)/t18-,23+/m1/s1. The maximum absolute atomic E-state index is 13.0. The zero-order valence-electron chi connectivity index (χ0n) is 19.2. The van der Waals surface area contributed by atoms with E-state index in [9.17, 15) is 14.9 Å². The number of nitriles is 1. The van der Waals surface area contributed by atoms with Gasteiger partial charge in [-0.2, -0.15) is 5.26 Å². The van der Waals surface area contributed by atoms with Gasteiger partial charge >= 0.3 is 0 Å². The molecule has 0 saturated carbocycles. The van der Waals surface area contributed by atoms with E-state index in [1.54, 1.807) is 66.6 Å². The van der Waals surface area contributed by atoms with E-state index in [0.717, 1.165) is 16.8 Å². The van der Waals surface area contributed by atoms with E-state index in [1.807, 2.05) is 13.0 Å². The van der Waals surface area contributed by atoms with Crippen LogP contribution in [-0.4, -0.2) is 25.5 Å². The summed E-state index contributed by atoms with van der Waals surface area (Å²) in [6, 6.07) is 20.0. The number of carbonyl (C=O) groups excluding carboxylic acids is 2. The van der Waals surface area contributed by atoms with E-state index in [0.29, 0.717) is 27.0 Å². The van der Waals surface area contributed by atoms with Crippen molar-refractivity contribution in [1.82, 2.24) is 0 Å². The van der Waals surface area contributed by atoms with Crippen LogP contribution in [0.25, 0.3) is 0 Å². The van der Waals surface area contributed by atoms with Gasteiger partial charge in [0, 0.05) is 34.4 Å². The van der Waals surface area contributed by atoms with Crippen LogP contribution in [0.2, 0.25) is 10.0 Å². The Morgan fingerprint density at radius 1 is 1.14 bits per heavy atom. The molecule has 0 bridgehead atoms. The first kappa shape index (κ1) is 24.6. The number of carbonyl (C=O) groups is 2. The Bertz CT molecular complexity index is 1300. The Hall–Kier alpha value is -3.53. The Morgan fingerprint density at radius 2 is 1.83 bits per heavy atom. The molecule has 0 spiro atoms. The molecule has 1 N–H and O–H groups in total. The molecule has 178 valence electrons. The fourth-order valence-electron chi connectivity index (χ4n) is 4.17. The van der Waals surface area contributed by atoms with Gasteiger partial charge in [-0.25, -0.2) is 0 Å². The third-order valence-corrected chi connectivity index (χ3v) is 6.70. The van der Waals surface area contributed by atoms with E-state index in [2.05, 4.69) is 11.4 Å². The Kier molecular flexibility index (Phi) is 7.30. The lowest BCUT2D eigenvalue weighted by Gasteiger charge is -2.18. The topological polar surface area (TPSA) is 82.4 Å². The predicted molar refractivity (Wildman–Crippen MR) is 137 cm³/mol. The summed E-state index contributed by atoms with van der Waals surface area (Å²) in [5.41, 5.74) is 3.46. The number of nitrogens with one attached hydrogen (secondary N) is 1. The van der Waals surface area contributed by atoms with Crippen molar-refractivity contribution in [2.45, 2.75) is 19.3 Å². The Balaban J connectivity index is 1.49. The molecule has 0 unspecified atom stereocenters. The van der Waals surface area contributed by atoms with Crippen molar-refractivity contribution in [2.75, 3.05) is 23.9 Å². The number of rotatable bonds is 6. The van der Waals surface area contributed by atoms with Crippen LogP contribution in [0.5, 0.6) is 5.75 Å². The SMILES string of the molecule is COc1ccc(N2C[C@H](C(=O)Nc3cc(Cl)c([C@@H](C#N)c4ccc(Cl)cc4)cc3C)CC2=O)cc1. The second kappa shape index (κ2) is 10.4. The van der Waals surface area contributed by atoms with Crippen LogP contribution < -0.4 is 15.0 Å². The summed E-state index contributed by atoms with van der Waals surface area (Å²) in [6.07, 6.45) is 0.121. The molecule has 0 aromatic heterocycles. The van der Waals surface area contributed by atoms with Crippen LogP contribution in [0, 0.1) is 24.2 Å². The van der Waals surface area contributed by atoms with Crippen LogP contribution in [-0.2, 0) is 9.59 Å². The molecule has 2 amide bonds. The highest BCUT2D eigenvalue weighted by molar-refractivity contribution is 6.32. The molecule has 1 aliphatic heterocycles. The summed E-state index contributed by atoms with van der Waals surface area (Å²) in [4.78, 5) is 27.2. The first-order chi connectivity index (χ1) is 16.8. The summed E-state index contributed by atoms with van der Waals surface area (Å²) in [7, 11) is 1.58. The first-order valence-electron chi connectivity index (χ1n) is 11.0. The monoisotopic (exact) mass is 507 g/mol. The second-order valence-corrected chi connectivity index (χ2v) is 9.24. The number of aryl methyl sites for hydroxylation is 1. The molecule has 3 aromatic rings.